The van der Waals surface area contributed by atoms with Crippen LogP contribution in [0, 0.1) is 5.92 Å². The second-order valence-electron chi connectivity index (χ2n) is 9.29. The smallest absolute Gasteiger partial charge is 0.148 e. The fourth-order valence-corrected chi connectivity index (χ4v) is 5.56. The molecule has 3 saturated heterocycles. The molecule has 0 radical (unpaired) electrons. The summed E-state index contributed by atoms with van der Waals surface area (Å²) in [6, 6.07) is 24.5. The average molecular weight is 424 g/mol. The molecule has 5 nitrogen and oxygen atoms in total. The van der Waals surface area contributed by atoms with E-state index in [1.807, 2.05) is 0 Å². The van der Waals surface area contributed by atoms with Crippen molar-refractivity contribution in [1.82, 2.24) is 19.7 Å². The second-order valence-corrected chi connectivity index (χ2v) is 9.29. The van der Waals surface area contributed by atoms with Crippen molar-refractivity contribution in [1.29, 1.82) is 0 Å². The number of hydrogen-bond donors (Lipinski definition) is 1. The number of anilines is 1. The summed E-state index contributed by atoms with van der Waals surface area (Å²) in [5.74, 6) is 1.63. The number of aromatic nitrogens is 3. The number of nitrogens with one attached hydrogen (secondary N) is 1. The first kappa shape index (κ1) is 19.5. The van der Waals surface area contributed by atoms with Crippen molar-refractivity contribution in [2.24, 2.45) is 5.92 Å². The van der Waals surface area contributed by atoms with Gasteiger partial charge in [0, 0.05) is 41.3 Å². The third-order valence-electron chi connectivity index (χ3n) is 7.42. The van der Waals surface area contributed by atoms with E-state index in [0.29, 0.717) is 12.1 Å². The highest BCUT2D eigenvalue weighted by Gasteiger charge is 2.39. The zero-order valence-electron chi connectivity index (χ0n) is 18.5. The SMILES string of the molecule is C[C@@H]1[C@@H](Nc2ccc(-c3ccc4c(ccn4Cc4ccccc4)c3)nn2)C2CCN1CC2. The van der Waals surface area contributed by atoms with E-state index in [4.69, 9.17) is 0 Å². The molecule has 32 heavy (non-hydrogen) atoms. The molecule has 3 fully saturated rings. The zero-order valence-corrected chi connectivity index (χ0v) is 18.5. The number of piperidine rings is 3. The van der Waals surface area contributed by atoms with Gasteiger partial charge in [0.2, 0.25) is 0 Å². The topological polar surface area (TPSA) is 46.0 Å². The van der Waals surface area contributed by atoms with Crippen LogP contribution >= 0.6 is 0 Å². The van der Waals surface area contributed by atoms with Gasteiger partial charge in [-0.2, -0.15) is 0 Å². The van der Waals surface area contributed by atoms with Gasteiger partial charge < -0.3 is 9.88 Å². The molecular formula is C27H29N5. The number of rotatable bonds is 5. The molecule has 2 bridgehead atoms. The lowest BCUT2D eigenvalue weighted by Gasteiger charge is -2.50. The van der Waals surface area contributed by atoms with Gasteiger partial charge in [-0.1, -0.05) is 36.4 Å². The largest absolute Gasteiger partial charge is 0.364 e. The van der Waals surface area contributed by atoms with Gasteiger partial charge in [-0.25, -0.2) is 0 Å². The minimum Gasteiger partial charge on any atom is -0.364 e. The Labute approximate surface area is 189 Å². The van der Waals surface area contributed by atoms with Crippen molar-refractivity contribution in [2.45, 2.75) is 38.4 Å². The van der Waals surface area contributed by atoms with Crippen LogP contribution in [0.15, 0.2) is 72.9 Å². The van der Waals surface area contributed by atoms with Crippen LogP contribution in [0.25, 0.3) is 22.2 Å². The average Bonchev–Trinajstić information content (AvgIpc) is 3.24. The molecule has 3 aliphatic heterocycles. The first-order valence-corrected chi connectivity index (χ1v) is 11.7. The van der Waals surface area contributed by atoms with Crippen LogP contribution in [0.1, 0.15) is 25.3 Å². The molecule has 0 amide bonds. The highest BCUT2D eigenvalue weighted by molar-refractivity contribution is 5.85. The Balaban J connectivity index is 1.20. The number of nitrogens with zero attached hydrogens (tertiary/aromatic N) is 4. The molecule has 2 aromatic carbocycles. The zero-order chi connectivity index (χ0) is 21.5. The van der Waals surface area contributed by atoms with Crippen LogP contribution in [-0.4, -0.2) is 44.8 Å². The van der Waals surface area contributed by atoms with Crippen LogP contribution in [0.2, 0.25) is 0 Å². The van der Waals surface area contributed by atoms with Crippen LogP contribution < -0.4 is 5.32 Å². The second kappa shape index (κ2) is 8.06. The molecule has 1 N–H and O–H groups in total. The van der Waals surface area contributed by atoms with E-state index in [2.05, 4.69) is 105 Å². The van der Waals surface area contributed by atoms with Gasteiger partial charge in [0.05, 0.1) is 5.69 Å². The Morgan fingerprint density at radius 2 is 1.78 bits per heavy atom. The molecule has 5 heterocycles. The lowest BCUT2D eigenvalue weighted by atomic mass is 9.79. The van der Waals surface area contributed by atoms with Gasteiger partial charge >= 0.3 is 0 Å². The Kier molecular flexibility index (Phi) is 4.91. The summed E-state index contributed by atoms with van der Waals surface area (Å²) >= 11 is 0. The number of hydrogen-bond acceptors (Lipinski definition) is 4. The standard InChI is InChI=1S/C27H29N5/c1-19-27(21-11-14-31(19)15-12-21)28-26-10-8-24(29-30-26)22-7-9-25-23(17-22)13-16-32(25)18-20-5-3-2-4-6-20/h2-10,13,16-17,19,21,27H,11-12,14-15,18H2,1H3,(H,28,30)/t19-,27-/m1/s1. The molecule has 2 aromatic heterocycles. The van der Waals surface area contributed by atoms with Crippen molar-refractivity contribution < 1.29 is 0 Å². The predicted octanol–water partition coefficient (Wildman–Crippen LogP) is 5.04. The van der Waals surface area contributed by atoms with E-state index in [1.165, 1.54) is 42.4 Å². The molecule has 0 saturated carbocycles. The summed E-state index contributed by atoms with van der Waals surface area (Å²) < 4.78 is 2.29. The summed E-state index contributed by atoms with van der Waals surface area (Å²) in [5.41, 5.74) is 4.56. The molecule has 0 unspecified atom stereocenters. The van der Waals surface area contributed by atoms with E-state index in [1.54, 1.807) is 0 Å². The number of fused-ring (bicyclic) bond motifs is 4. The molecule has 2 atom stereocenters. The van der Waals surface area contributed by atoms with Gasteiger partial charge in [0.15, 0.2) is 0 Å². The molecule has 5 heteroatoms. The van der Waals surface area contributed by atoms with Crippen LogP contribution in [0.5, 0.6) is 0 Å². The van der Waals surface area contributed by atoms with E-state index >= 15 is 0 Å². The molecule has 0 aliphatic carbocycles. The third kappa shape index (κ3) is 3.56. The van der Waals surface area contributed by atoms with Crippen molar-refractivity contribution in [3.05, 3.63) is 78.5 Å². The summed E-state index contributed by atoms with van der Waals surface area (Å²) in [6.07, 6.45) is 4.74. The predicted molar refractivity (Wildman–Crippen MR) is 130 cm³/mol. The van der Waals surface area contributed by atoms with Crippen molar-refractivity contribution in [3.63, 3.8) is 0 Å². The Morgan fingerprint density at radius 1 is 0.938 bits per heavy atom. The van der Waals surface area contributed by atoms with E-state index in [-0.39, 0.29) is 0 Å². The molecule has 162 valence electrons. The Hall–Kier alpha value is -3.18. The minimum absolute atomic E-state index is 0.471. The summed E-state index contributed by atoms with van der Waals surface area (Å²) in [7, 11) is 0. The van der Waals surface area contributed by atoms with Crippen molar-refractivity contribution >= 4 is 16.7 Å². The van der Waals surface area contributed by atoms with Gasteiger partial charge in [0.25, 0.3) is 0 Å². The lowest BCUT2D eigenvalue weighted by Crippen LogP contribution is -2.59. The Bertz CT molecular complexity index is 1200. The maximum atomic E-state index is 4.55. The van der Waals surface area contributed by atoms with E-state index in [0.717, 1.165) is 29.5 Å². The maximum Gasteiger partial charge on any atom is 0.148 e. The first-order valence-electron chi connectivity index (χ1n) is 11.7. The quantitative estimate of drug-likeness (QED) is 0.488. The van der Waals surface area contributed by atoms with Crippen molar-refractivity contribution in [3.8, 4) is 11.3 Å². The van der Waals surface area contributed by atoms with Crippen LogP contribution in [-0.2, 0) is 6.54 Å². The minimum atomic E-state index is 0.471. The summed E-state index contributed by atoms with van der Waals surface area (Å²) in [5, 5.41) is 14.0. The first-order chi connectivity index (χ1) is 15.7. The maximum absolute atomic E-state index is 4.55. The summed E-state index contributed by atoms with van der Waals surface area (Å²) in [6.45, 7) is 5.69. The van der Waals surface area contributed by atoms with E-state index in [9.17, 15) is 0 Å². The third-order valence-corrected chi connectivity index (χ3v) is 7.42. The Morgan fingerprint density at radius 3 is 2.53 bits per heavy atom. The van der Waals surface area contributed by atoms with Gasteiger partial charge in [-0.05, 0) is 74.7 Å². The van der Waals surface area contributed by atoms with Crippen molar-refractivity contribution in [2.75, 3.05) is 18.4 Å². The highest BCUT2D eigenvalue weighted by Crippen LogP contribution is 2.34. The monoisotopic (exact) mass is 423 g/mol. The fourth-order valence-electron chi connectivity index (χ4n) is 5.56. The van der Waals surface area contributed by atoms with Crippen LogP contribution in [0.3, 0.4) is 0 Å². The van der Waals surface area contributed by atoms with Gasteiger partial charge in [-0.15, -0.1) is 10.2 Å². The number of benzene rings is 2. The normalized spacial score (nSPS) is 24.7. The van der Waals surface area contributed by atoms with Gasteiger partial charge in [0.1, 0.15) is 5.82 Å². The fraction of sp³-hybridized carbons (Fsp3) is 0.333. The summed E-state index contributed by atoms with van der Waals surface area (Å²) in [4.78, 5) is 2.60. The van der Waals surface area contributed by atoms with E-state index < -0.39 is 0 Å². The lowest BCUT2D eigenvalue weighted by molar-refractivity contribution is 0.0457. The molecular weight excluding hydrogens is 394 g/mol. The van der Waals surface area contributed by atoms with Gasteiger partial charge in [-0.3, -0.25) is 4.90 Å². The molecule has 0 spiro atoms. The molecule has 3 aliphatic rings. The molecule has 4 aromatic rings. The van der Waals surface area contributed by atoms with Crippen LogP contribution in [0.4, 0.5) is 5.82 Å². The highest BCUT2D eigenvalue weighted by atomic mass is 15.2. The molecule has 7 rings (SSSR count).